The van der Waals surface area contributed by atoms with Gasteiger partial charge in [0.1, 0.15) is 0 Å². The fourth-order valence-corrected chi connectivity index (χ4v) is 3.61. The quantitative estimate of drug-likeness (QED) is 0.663. The Morgan fingerprint density at radius 2 is 1.50 bits per heavy atom. The van der Waals surface area contributed by atoms with Gasteiger partial charge in [0.25, 0.3) is 0 Å². The second-order valence-corrected chi connectivity index (χ2v) is 5.92. The molecule has 18 heavy (non-hydrogen) atoms. The standard InChI is InChI=1S/C14H9NOS2/c16-9-11-1-2-13(17-11)14-4-3-12(18-14)10-5-7-15-8-6-10/h1-9H. The third-order valence-corrected chi connectivity index (χ3v) is 4.90. The van der Waals surface area contributed by atoms with Crippen LogP contribution in [0.5, 0.6) is 0 Å². The summed E-state index contributed by atoms with van der Waals surface area (Å²) in [6.45, 7) is 0. The van der Waals surface area contributed by atoms with Crippen molar-refractivity contribution in [3.8, 4) is 20.2 Å². The van der Waals surface area contributed by atoms with Crippen LogP contribution in [0.3, 0.4) is 0 Å². The molecular formula is C14H9NOS2. The van der Waals surface area contributed by atoms with Crippen molar-refractivity contribution in [2.24, 2.45) is 0 Å². The first-order valence-electron chi connectivity index (χ1n) is 5.42. The van der Waals surface area contributed by atoms with E-state index in [4.69, 9.17) is 0 Å². The van der Waals surface area contributed by atoms with E-state index in [0.717, 1.165) is 16.0 Å². The second kappa shape index (κ2) is 4.84. The number of carbonyl (C=O) groups is 1. The van der Waals surface area contributed by atoms with E-state index in [1.165, 1.54) is 26.7 Å². The van der Waals surface area contributed by atoms with Crippen LogP contribution in [0.25, 0.3) is 20.2 Å². The van der Waals surface area contributed by atoms with Crippen LogP contribution in [-0.2, 0) is 0 Å². The highest BCUT2D eigenvalue weighted by molar-refractivity contribution is 7.24. The predicted octanol–water partition coefficient (Wildman–Crippen LogP) is 4.35. The summed E-state index contributed by atoms with van der Waals surface area (Å²) in [6, 6.07) is 12.1. The van der Waals surface area contributed by atoms with Gasteiger partial charge in [-0.25, -0.2) is 0 Å². The van der Waals surface area contributed by atoms with E-state index >= 15 is 0 Å². The number of hydrogen-bond acceptors (Lipinski definition) is 4. The monoisotopic (exact) mass is 271 g/mol. The zero-order valence-electron chi connectivity index (χ0n) is 9.37. The van der Waals surface area contributed by atoms with Crippen LogP contribution >= 0.6 is 22.7 Å². The molecule has 0 amide bonds. The molecule has 0 saturated carbocycles. The minimum Gasteiger partial charge on any atom is -0.297 e. The molecule has 0 N–H and O–H groups in total. The van der Waals surface area contributed by atoms with Gasteiger partial charge in [-0.15, -0.1) is 22.7 Å². The number of nitrogens with zero attached hydrogens (tertiary/aromatic N) is 1. The van der Waals surface area contributed by atoms with Gasteiger partial charge in [0, 0.05) is 27.0 Å². The summed E-state index contributed by atoms with van der Waals surface area (Å²) in [7, 11) is 0. The summed E-state index contributed by atoms with van der Waals surface area (Å²) < 4.78 is 0. The van der Waals surface area contributed by atoms with Crippen LogP contribution in [0.4, 0.5) is 0 Å². The summed E-state index contributed by atoms with van der Waals surface area (Å²) >= 11 is 3.25. The number of aromatic nitrogens is 1. The lowest BCUT2D eigenvalue weighted by Crippen LogP contribution is -1.71. The fourth-order valence-electron chi connectivity index (χ4n) is 1.69. The van der Waals surface area contributed by atoms with Gasteiger partial charge < -0.3 is 0 Å². The van der Waals surface area contributed by atoms with Crippen molar-refractivity contribution >= 4 is 29.0 Å². The third-order valence-electron chi connectivity index (χ3n) is 2.56. The van der Waals surface area contributed by atoms with Gasteiger partial charge in [-0.3, -0.25) is 9.78 Å². The third kappa shape index (κ3) is 2.12. The number of pyridine rings is 1. The molecule has 0 atom stereocenters. The molecular weight excluding hydrogens is 262 g/mol. The number of aldehydes is 1. The van der Waals surface area contributed by atoms with Gasteiger partial charge in [0.15, 0.2) is 6.29 Å². The molecule has 3 aromatic rings. The molecule has 3 aromatic heterocycles. The van der Waals surface area contributed by atoms with Gasteiger partial charge in [0.05, 0.1) is 4.88 Å². The highest BCUT2D eigenvalue weighted by Crippen LogP contribution is 2.37. The molecule has 0 unspecified atom stereocenters. The Kier molecular flexibility index (Phi) is 3.04. The summed E-state index contributed by atoms with van der Waals surface area (Å²) in [5, 5.41) is 0. The van der Waals surface area contributed by atoms with Crippen LogP contribution in [0.1, 0.15) is 9.67 Å². The predicted molar refractivity (Wildman–Crippen MR) is 76.3 cm³/mol. The van der Waals surface area contributed by atoms with Gasteiger partial charge in [0.2, 0.25) is 0 Å². The average Bonchev–Trinajstić information content (AvgIpc) is 3.08. The van der Waals surface area contributed by atoms with E-state index in [9.17, 15) is 4.79 Å². The zero-order valence-corrected chi connectivity index (χ0v) is 11.0. The molecule has 2 nitrogen and oxygen atoms in total. The van der Waals surface area contributed by atoms with Crippen LogP contribution in [-0.4, -0.2) is 11.3 Å². The molecule has 4 heteroatoms. The van der Waals surface area contributed by atoms with Crippen LogP contribution in [0, 0.1) is 0 Å². The van der Waals surface area contributed by atoms with Gasteiger partial charge in [-0.05, 0) is 42.0 Å². The smallest absolute Gasteiger partial charge is 0.160 e. The normalized spacial score (nSPS) is 10.4. The number of rotatable bonds is 3. The van der Waals surface area contributed by atoms with E-state index < -0.39 is 0 Å². The minimum absolute atomic E-state index is 0.767. The first kappa shape index (κ1) is 11.3. The Hall–Kier alpha value is -1.78. The van der Waals surface area contributed by atoms with Gasteiger partial charge >= 0.3 is 0 Å². The molecule has 0 aliphatic carbocycles. The maximum atomic E-state index is 10.7. The Bertz CT molecular complexity index is 670. The maximum absolute atomic E-state index is 10.7. The topological polar surface area (TPSA) is 30.0 Å². The fraction of sp³-hybridized carbons (Fsp3) is 0. The second-order valence-electron chi connectivity index (χ2n) is 3.72. The van der Waals surface area contributed by atoms with Gasteiger partial charge in [-0.1, -0.05) is 0 Å². The van der Waals surface area contributed by atoms with Crippen molar-refractivity contribution < 1.29 is 4.79 Å². The largest absolute Gasteiger partial charge is 0.297 e. The molecule has 88 valence electrons. The molecule has 0 bridgehead atoms. The number of carbonyl (C=O) groups excluding carboxylic acids is 1. The Morgan fingerprint density at radius 1 is 0.833 bits per heavy atom. The molecule has 0 radical (unpaired) electrons. The first-order chi connectivity index (χ1) is 8.86. The van der Waals surface area contributed by atoms with Gasteiger partial charge in [-0.2, -0.15) is 0 Å². The molecule has 0 fully saturated rings. The first-order valence-corrected chi connectivity index (χ1v) is 7.06. The van der Waals surface area contributed by atoms with Crippen molar-refractivity contribution in [3.05, 3.63) is 53.7 Å². The highest BCUT2D eigenvalue weighted by Gasteiger charge is 2.07. The van der Waals surface area contributed by atoms with Crippen LogP contribution in [0.2, 0.25) is 0 Å². The Labute approximate surface area is 113 Å². The van der Waals surface area contributed by atoms with Crippen molar-refractivity contribution in [1.29, 1.82) is 0 Å². The molecule has 0 aliphatic heterocycles. The lowest BCUT2D eigenvalue weighted by molar-refractivity contribution is 0.112. The number of thiophene rings is 2. The lowest BCUT2D eigenvalue weighted by Gasteiger charge is -1.94. The maximum Gasteiger partial charge on any atom is 0.160 e. The van der Waals surface area contributed by atoms with Crippen LogP contribution < -0.4 is 0 Å². The molecule has 0 aromatic carbocycles. The summed E-state index contributed by atoms with van der Waals surface area (Å²) in [5.41, 5.74) is 1.17. The Balaban J connectivity index is 1.96. The molecule has 0 aliphatic rings. The minimum atomic E-state index is 0.767. The molecule has 0 saturated heterocycles. The molecule has 3 rings (SSSR count). The van der Waals surface area contributed by atoms with E-state index in [1.54, 1.807) is 23.7 Å². The Morgan fingerprint density at radius 3 is 2.22 bits per heavy atom. The molecule has 0 spiro atoms. The van der Waals surface area contributed by atoms with Crippen molar-refractivity contribution in [1.82, 2.24) is 4.98 Å². The highest BCUT2D eigenvalue weighted by atomic mass is 32.1. The summed E-state index contributed by atoms with van der Waals surface area (Å²) in [4.78, 5) is 19.0. The van der Waals surface area contributed by atoms with E-state index in [1.807, 2.05) is 24.3 Å². The molecule has 3 heterocycles. The average molecular weight is 271 g/mol. The SMILES string of the molecule is O=Cc1ccc(-c2ccc(-c3ccncc3)s2)s1. The zero-order chi connectivity index (χ0) is 12.4. The van der Waals surface area contributed by atoms with Crippen molar-refractivity contribution in [2.75, 3.05) is 0 Å². The van der Waals surface area contributed by atoms with E-state index in [-0.39, 0.29) is 0 Å². The summed E-state index contributed by atoms with van der Waals surface area (Å²) in [5.74, 6) is 0. The summed E-state index contributed by atoms with van der Waals surface area (Å²) in [6.07, 6.45) is 4.49. The van der Waals surface area contributed by atoms with E-state index in [0.29, 0.717) is 0 Å². The van der Waals surface area contributed by atoms with E-state index in [2.05, 4.69) is 17.1 Å². The van der Waals surface area contributed by atoms with Crippen molar-refractivity contribution in [3.63, 3.8) is 0 Å². The van der Waals surface area contributed by atoms with Crippen LogP contribution in [0.15, 0.2) is 48.8 Å². The van der Waals surface area contributed by atoms with Crippen molar-refractivity contribution in [2.45, 2.75) is 0 Å². The lowest BCUT2D eigenvalue weighted by atomic mass is 10.2. The number of hydrogen-bond donors (Lipinski definition) is 0.